The molecule has 3 atom stereocenters. The van der Waals surface area contributed by atoms with Crippen molar-refractivity contribution in [3.63, 3.8) is 0 Å². The van der Waals surface area contributed by atoms with Crippen LogP contribution in [-0.2, 0) is 14.3 Å². The van der Waals surface area contributed by atoms with Crippen LogP contribution in [0.1, 0.15) is 39.0 Å². The minimum atomic E-state index is -0.141. The molecule has 3 unspecified atom stereocenters. The molecular weight excluding hydrogens is 260 g/mol. The Kier molecular flexibility index (Phi) is 4.20. The second-order valence-electron chi connectivity index (χ2n) is 6.29. The van der Waals surface area contributed by atoms with E-state index in [1.54, 1.807) is 0 Å². The Morgan fingerprint density at radius 3 is 2.68 bits per heavy atom. The highest BCUT2D eigenvalue weighted by Crippen LogP contribution is 2.41. The number of carbonyl (C=O) groups is 1. The first-order chi connectivity index (χ1) is 9.20. The summed E-state index contributed by atoms with van der Waals surface area (Å²) in [5.41, 5.74) is 0.00562. The monoisotopic (exact) mass is 284 g/mol. The number of thioether (sulfide) groups is 1. The predicted octanol–water partition coefficient (Wildman–Crippen LogP) is 2.67. The number of hydrogen-bond acceptors (Lipinski definition) is 4. The summed E-state index contributed by atoms with van der Waals surface area (Å²) in [5, 5.41) is 0. The van der Waals surface area contributed by atoms with Crippen molar-refractivity contribution in [1.29, 1.82) is 0 Å². The van der Waals surface area contributed by atoms with Gasteiger partial charge in [0.1, 0.15) is 6.10 Å². The highest BCUT2D eigenvalue weighted by atomic mass is 32.2. The smallest absolute Gasteiger partial charge is 0.165 e. The van der Waals surface area contributed by atoms with Gasteiger partial charge in [-0.15, -0.1) is 0 Å². The van der Waals surface area contributed by atoms with Gasteiger partial charge in [-0.05, 0) is 49.5 Å². The van der Waals surface area contributed by atoms with Gasteiger partial charge in [-0.2, -0.15) is 11.8 Å². The highest BCUT2D eigenvalue weighted by molar-refractivity contribution is 7.99. The average molecular weight is 284 g/mol. The molecule has 0 aliphatic carbocycles. The average Bonchev–Trinajstić information content (AvgIpc) is 2.85. The van der Waals surface area contributed by atoms with Gasteiger partial charge in [-0.3, -0.25) is 4.79 Å². The standard InChI is InChI=1S/C15H24O3S/c1-11-2-6-17-14(11)13(16)12-3-7-18-15(10-12)4-8-19-9-5-15/h11-12,14H,2-10H2,1H3. The Hall–Kier alpha value is -0.0600. The van der Waals surface area contributed by atoms with E-state index in [0.717, 1.165) is 45.3 Å². The summed E-state index contributed by atoms with van der Waals surface area (Å²) in [7, 11) is 0. The number of ketones is 1. The van der Waals surface area contributed by atoms with Crippen molar-refractivity contribution in [2.24, 2.45) is 11.8 Å². The molecule has 3 aliphatic heterocycles. The zero-order valence-electron chi connectivity index (χ0n) is 11.7. The number of hydrogen-bond donors (Lipinski definition) is 0. The van der Waals surface area contributed by atoms with Crippen LogP contribution in [-0.4, -0.2) is 42.2 Å². The number of Topliss-reactive ketones (excluding diaryl/α,β-unsaturated/α-hetero) is 1. The normalized spacial score (nSPS) is 38.5. The molecule has 4 heteroatoms. The Morgan fingerprint density at radius 2 is 2.00 bits per heavy atom. The van der Waals surface area contributed by atoms with E-state index in [9.17, 15) is 4.79 Å². The topological polar surface area (TPSA) is 35.5 Å². The van der Waals surface area contributed by atoms with Crippen LogP contribution in [0.15, 0.2) is 0 Å². The van der Waals surface area contributed by atoms with Crippen molar-refractivity contribution < 1.29 is 14.3 Å². The fourth-order valence-electron chi connectivity index (χ4n) is 3.65. The van der Waals surface area contributed by atoms with Gasteiger partial charge in [0, 0.05) is 19.1 Å². The van der Waals surface area contributed by atoms with E-state index in [2.05, 4.69) is 6.92 Å². The summed E-state index contributed by atoms with van der Waals surface area (Å²) < 4.78 is 11.7. The zero-order valence-corrected chi connectivity index (χ0v) is 12.5. The van der Waals surface area contributed by atoms with Crippen molar-refractivity contribution >= 4 is 17.5 Å². The van der Waals surface area contributed by atoms with Crippen LogP contribution in [0.3, 0.4) is 0 Å². The Bertz CT molecular complexity index is 333. The van der Waals surface area contributed by atoms with E-state index in [-0.39, 0.29) is 17.6 Å². The molecule has 0 aromatic heterocycles. The third-order valence-corrected chi connectivity index (χ3v) is 5.95. The lowest BCUT2D eigenvalue weighted by atomic mass is 9.78. The van der Waals surface area contributed by atoms with Crippen molar-refractivity contribution in [3.8, 4) is 0 Å². The quantitative estimate of drug-likeness (QED) is 0.781. The minimum Gasteiger partial charge on any atom is -0.375 e. The van der Waals surface area contributed by atoms with E-state index < -0.39 is 0 Å². The Morgan fingerprint density at radius 1 is 1.21 bits per heavy atom. The molecule has 3 rings (SSSR count). The minimum absolute atomic E-state index is 0.00562. The van der Waals surface area contributed by atoms with Crippen molar-refractivity contribution in [1.82, 2.24) is 0 Å². The summed E-state index contributed by atoms with van der Waals surface area (Å²) in [4.78, 5) is 12.7. The second kappa shape index (κ2) is 5.74. The van der Waals surface area contributed by atoms with E-state index in [1.165, 1.54) is 11.5 Å². The van der Waals surface area contributed by atoms with Gasteiger partial charge in [0.2, 0.25) is 0 Å². The summed E-state index contributed by atoms with van der Waals surface area (Å²) in [6, 6.07) is 0. The van der Waals surface area contributed by atoms with E-state index in [4.69, 9.17) is 9.47 Å². The Labute approximate surface area is 119 Å². The van der Waals surface area contributed by atoms with Crippen LogP contribution in [0.5, 0.6) is 0 Å². The molecule has 3 saturated heterocycles. The van der Waals surface area contributed by atoms with Crippen LogP contribution in [0.2, 0.25) is 0 Å². The predicted molar refractivity (Wildman–Crippen MR) is 76.5 cm³/mol. The Balaban J connectivity index is 1.65. The fourth-order valence-corrected chi connectivity index (χ4v) is 4.89. The molecule has 0 amide bonds. The lowest BCUT2D eigenvalue weighted by Gasteiger charge is -2.43. The fraction of sp³-hybridized carbons (Fsp3) is 0.933. The SMILES string of the molecule is CC1CCOC1C(=O)C1CCOC2(CCSCC2)C1. The summed E-state index contributed by atoms with van der Waals surface area (Å²) in [6.07, 6.45) is 4.93. The van der Waals surface area contributed by atoms with Crippen LogP contribution in [0.25, 0.3) is 0 Å². The molecule has 108 valence electrons. The first-order valence-corrected chi connectivity index (χ1v) is 8.73. The maximum Gasteiger partial charge on any atom is 0.165 e. The molecule has 19 heavy (non-hydrogen) atoms. The lowest BCUT2D eigenvalue weighted by Crippen LogP contribution is -2.46. The van der Waals surface area contributed by atoms with Gasteiger partial charge in [-0.25, -0.2) is 0 Å². The maximum atomic E-state index is 12.7. The van der Waals surface area contributed by atoms with Crippen molar-refractivity contribution in [2.45, 2.75) is 50.7 Å². The molecule has 0 N–H and O–H groups in total. The summed E-state index contributed by atoms with van der Waals surface area (Å²) >= 11 is 2.01. The van der Waals surface area contributed by atoms with Crippen molar-refractivity contribution in [2.75, 3.05) is 24.7 Å². The van der Waals surface area contributed by atoms with Crippen LogP contribution < -0.4 is 0 Å². The number of carbonyl (C=O) groups excluding carboxylic acids is 1. The molecule has 0 aromatic carbocycles. The summed E-state index contributed by atoms with van der Waals surface area (Å²) in [5.74, 6) is 3.27. The molecule has 3 nitrogen and oxygen atoms in total. The van der Waals surface area contributed by atoms with E-state index in [1.807, 2.05) is 11.8 Å². The van der Waals surface area contributed by atoms with Gasteiger partial charge in [0.05, 0.1) is 5.60 Å². The third kappa shape index (κ3) is 2.86. The first kappa shape index (κ1) is 13.9. The number of rotatable bonds is 2. The zero-order chi connectivity index (χ0) is 13.3. The van der Waals surface area contributed by atoms with Gasteiger partial charge < -0.3 is 9.47 Å². The first-order valence-electron chi connectivity index (χ1n) is 7.57. The molecule has 0 aromatic rings. The molecular formula is C15H24O3S. The second-order valence-corrected chi connectivity index (χ2v) is 7.52. The highest BCUT2D eigenvalue weighted by Gasteiger charge is 2.44. The van der Waals surface area contributed by atoms with Crippen LogP contribution in [0, 0.1) is 11.8 Å². The largest absolute Gasteiger partial charge is 0.375 e. The van der Waals surface area contributed by atoms with Gasteiger partial charge in [0.25, 0.3) is 0 Å². The lowest BCUT2D eigenvalue weighted by molar-refractivity contribution is -0.147. The van der Waals surface area contributed by atoms with Gasteiger partial charge in [-0.1, -0.05) is 6.92 Å². The van der Waals surface area contributed by atoms with E-state index >= 15 is 0 Å². The summed E-state index contributed by atoms with van der Waals surface area (Å²) in [6.45, 7) is 3.65. The molecule has 0 saturated carbocycles. The molecule has 3 fully saturated rings. The molecule has 3 aliphatic rings. The molecule has 1 spiro atoms. The molecule has 0 radical (unpaired) electrons. The van der Waals surface area contributed by atoms with Gasteiger partial charge >= 0.3 is 0 Å². The maximum absolute atomic E-state index is 12.7. The van der Waals surface area contributed by atoms with E-state index in [0.29, 0.717) is 11.7 Å². The van der Waals surface area contributed by atoms with Crippen LogP contribution >= 0.6 is 11.8 Å². The molecule has 3 heterocycles. The van der Waals surface area contributed by atoms with Gasteiger partial charge in [0.15, 0.2) is 5.78 Å². The third-order valence-electron chi connectivity index (χ3n) is 4.97. The molecule has 0 bridgehead atoms. The number of ether oxygens (including phenoxy) is 2. The van der Waals surface area contributed by atoms with Crippen LogP contribution in [0.4, 0.5) is 0 Å². The van der Waals surface area contributed by atoms with Crippen molar-refractivity contribution in [3.05, 3.63) is 0 Å².